The number of hydrogen-bond donors (Lipinski definition) is 1. The van der Waals surface area contributed by atoms with E-state index in [2.05, 4.69) is 70.2 Å². The van der Waals surface area contributed by atoms with Crippen LogP contribution in [0.1, 0.15) is 24.5 Å². The molecule has 0 amide bonds. The topological polar surface area (TPSA) is 37.8 Å². The Balaban J connectivity index is 2.45. The van der Waals surface area contributed by atoms with Gasteiger partial charge in [-0.15, -0.1) is 0 Å². The van der Waals surface area contributed by atoms with Crippen molar-refractivity contribution < 1.29 is 0 Å². The predicted molar refractivity (Wildman–Crippen MR) is 83.4 cm³/mol. The highest BCUT2D eigenvalue weighted by Gasteiger charge is 2.10. The van der Waals surface area contributed by atoms with Crippen LogP contribution >= 0.6 is 15.9 Å². The van der Waals surface area contributed by atoms with Crippen LogP contribution in [0.5, 0.6) is 0 Å². The van der Waals surface area contributed by atoms with Gasteiger partial charge >= 0.3 is 0 Å². The second-order valence-corrected chi connectivity index (χ2v) is 5.44. The van der Waals surface area contributed by atoms with Gasteiger partial charge in [0.05, 0.1) is 4.47 Å². The molecule has 1 aromatic heterocycles. The number of rotatable bonds is 4. The van der Waals surface area contributed by atoms with E-state index in [1.54, 1.807) is 0 Å². The highest BCUT2D eigenvalue weighted by molar-refractivity contribution is 9.10. The Hall–Kier alpha value is -1.42. The summed E-state index contributed by atoms with van der Waals surface area (Å²) in [5.74, 6) is 1.63. The van der Waals surface area contributed by atoms with Gasteiger partial charge in [-0.25, -0.2) is 9.97 Å². The van der Waals surface area contributed by atoms with Crippen molar-refractivity contribution in [2.45, 2.75) is 27.2 Å². The molecule has 0 saturated heterocycles. The summed E-state index contributed by atoms with van der Waals surface area (Å²) >= 11 is 3.48. The van der Waals surface area contributed by atoms with Crippen molar-refractivity contribution in [3.63, 3.8) is 0 Å². The Bertz CT molecular complexity index is 561. The molecule has 0 aliphatic rings. The Morgan fingerprint density at radius 3 is 2.53 bits per heavy atom. The third-order valence-electron chi connectivity index (χ3n) is 2.99. The molecule has 0 unspecified atom stereocenters. The summed E-state index contributed by atoms with van der Waals surface area (Å²) in [6.45, 7) is 7.22. The van der Waals surface area contributed by atoms with Crippen LogP contribution in [0.25, 0.3) is 11.4 Å². The van der Waals surface area contributed by atoms with Crippen LogP contribution in [0.4, 0.5) is 5.82 Å². The van der Waals surface area contributed by atoms with Crippen LogP contribution in [-0.2, 0) is 0 Å². The SMILES string of the molecule is CCCNc1nc(-c2c(C)cccc2C)ncc1Br. The number of aryl methyl sites for hydroxylation is 2. The first-order valence-electron chi connectivity index (χ1n) is 6.46. The summed E-state index contributed by atoms with van der Waals surface area (Å²) in [4.78, 5) is 9.07. The van der Waals surface area contributed by atoms with Gasteiger partial charge in [-0.05, 0) is 47.3 Å². The molecule has 0 saturated carbocycles. The molecular weight excluding hydrogens is 302 g/mol. The Morgan fingerprint density at radius 1 is 1.21 bits per heavy atom. The van der Waals surface area contributed by atoms with Crippen molar-refractivity contribution in [3.8, 4) is 11.4 Å². The summed E-state index contributed by atoms with van der Waals surface area (Å²) in [7, 11) is 0. The predicted octanol–water partition coefficient (Wildman–Crippen LogP) is 4.34. The molecule has 0 bridgehead atoms. The summed E-state index contributed by atoms with van der Waals surface area (Å²) in [5, 5.41) is 3.31. The molecule has 0 aliphatic heterocycles. The zero-order valence-electron chi connectivity index (χ0n) is 11.5. The van der Waals surface area contributed by atoms with Crippen molar-refractivity contribution in [1.82, 2.24) is 9.97 Å². The van der Waals surface area contributed by atoms with Gasteiger partial charge in [0.15, 0.2) is 5.82 Å². The lowest BCUT2D eigenvalue weighted by Gasteiger charge is -2.11. The number of halogens is 1. The zero-order chi connectivity index (χ0) is 13.8. The molecule has 1 N–H and O–H groups in total. The third kappa shape index (κ3) is 3.13. The maximum Gasteiger partial charge on any atom is 0.162 e. The maximum atomic E-state index is 4.63. The molecule has 4 heteroatoms. The largest absolute Gasteiger partial charge is 0.369 e. The molecule has 0 atom stereocenters. The van der Waals surface area contributed by atoms with E-state index in [1.165, 1.54) is 11.1 Å². The van der Waals surface area contributed by atoms with Gasteiger partial charge in [0.25, 0.3) is 0 Å². The van der Waals surface area contributed by atoms with Crippen LogP contribution in [-0.4, -0.2) is 16.5 Å². The van der Waals surface area contributed by atoms with Crippen molar-refractivity contribution >= 4 is 21.7 Å². The summed E-state index contributed by atoms with van der Waals surface area (Å²) < 4.78 is 0.899. The molecule has 19 heavy (non-hydrogen) atoms. The van der Waals surface area contributed by atoms with Gasteiger partial charge in [-0.1, -0.05) is 25.1 Å². The van der Waals surface area contributed by atoms with Crippen LogP contribution < -0.4 is 5.32 Å². The van der Waals surface area contributed by atoms with E-state index in [0.717, 1.165) is 34.6 Å². The molecule has 2 aromatic rings. The van der Waals surface area contributed by atoms with Gasteiger partial charge in [-0.2, -0.15) is 0 Å². The molecule has 0 aliphatic carbocycles. The highest BCUT2D eigenvalue weighted by atomic mass is 79.9. The number of nitrogens with zero attached hydrogens (tertiary/aromatic N) is 2. The molecule has 1 heterocycles. The van der Waals surface area contributed by atoms with Crippen molar-refractivity contribution in [2.24, 2.45) is 0 Å². The van der Waals surface area contributed by atoms with Crippen molar-refractivity contribution in [2.75, 3.05) is 11.9 Å². The molecule has 3 nitrogen and oxygen atoms in total. The smallest absolute Gasteiger partial charge is 0.162 e. The monoisotopic (exact) mass is 319 g/mol. The molecule has 0 radical (unpaired) electrons. The number of benzene rings is 1. The molecule has 0 spiro atoms. The lowest BCUT2D eigenvalue weighted by atomic mass is 10.0. The minimum absolute atomic E-state index is 0.775. The standard InChI is InChI=1S/C15H18BrN3/c1-4-8-17-14-12(16)9-18-15(19-14)13-10(2)6-5-7-11(13)3/h5-7,9H,4,8H2,1-3H3,(H,17,18,19). The Labute approximate surface area is 122 Å². The minimum Gasteiger partial charge on any atom is -0.369 e. The van der Waals surface area contributed by atoms with Crippen LogP contribution in [0, 0.1) is 13.8 Å². The second-order valence-electron chi connectivity index (χ2n) is 4.58. The van der Waals surface area contributed by atoms with Gasteiger partial charge in [0, 0.05) is 18.3 Å². The molecule has 0 fully saturated rings. The summed E-state index contributed by atoms with van der Waals surface area (Å²) in [6, 6.07) is 6.24. The Kier molecular flexibility index (Phi) is 4.53. The number of nitrogens with one attached hydrogen (secondary N) is 1. The zero-order valence-corrected chi connectivity index (χ0v) is 13.1. The van der Waals surface area contributed by atoms with Crippen LogP contribution in [0.15, 0.2) is 28.9 Å². The fourth-order valence-electron chi connectivity index (χ4n) is 2.02. The van der Waals surface area contributed by atoms with E-state index in [-0.39, 0.29) is 0 Å². The average Bonchev–Trinajstić information content (AvgIpc) is 2.39. The molecule has 100 valence electrons. The average molecular weight is 320 g/mol. The minimum atomic E-state index is 0.775. The van der Waals surface area contributed by atoms with E-state index in [1.807, 2.05) is 6.20 Å². The number of anilines is 1. The second kappa shape index (κ2) is 6.15. The quantitative estimate of drug-likeness (QED) is 0.910. The summed E-state index contributed by atoms with van der Waals surface area (Å²) in [6.07, 6.45) is 2.88. The van der Waals surface area contributed by atoms with Crippen molar-refractivity contribution in [3.05, 3.63) is 40.0 Å². The van der Waals surface area contributed by atoms with E-state index >= 15 is 0 Å². The molecule has 2 rings (SSSR count). The van der Waals surface area contributed by atoms with Gasteiger partial charge < -0.3 is 5.32 Å². The van der Waals surface area contributed by atoms with E-state index in [9.17, 15) is 0 Å². The van der Waals surface area contributed by atoms with Crippen LogP contribution in [0.3, 0.4) is 0 Å². The van der Waals surface area contributed by atoms with Crippen LogP contribution in [0.2, 0.25) is 0 Å². The molecular formula is C15H18BrN3. The normalized spacial score (nSPS) is 10.5. The number of hydrogen-bond acceptors (Lipinski definition) is 3. The lowest BCUT2D eigenvalue weighted by Crippen LogP contribution is -2.05. The van der Waals surface area contributed by atoms with Crippen molar-refractivity contribution in [1.29, 1.82) is 0 Å². The van der Waals surface area contributed by atoms with Gasteiger partial charge in [0.2, 0.25) is 0 Å². The maximum absolute atomic E-state index is 4.63. The van der Waals surface area contributed by atoms with Gasteiger partial charge in [-0.3, -0.25) is 0 Å². The molecule has 1 aromatic carbocycles. The highest BCUT2D eigenvalue weighted by Crippen LogP contribution is 2.27. The van der Waals surface area contributed by atoms with E-state index in [0.29, 0.717) is 0 Å². The Morgan fingerprint density at radius 2 is 1.89 bits per heavy atom. The fraction of sp³-hybridized carbons (Fsp3) is 0.333. The first-order valence-corrected chi connectivity index (χ1v) is 7.25. The van der Waals surface area contributed by atoms with E-state index < -0.39 is 0 Å². The summed E-state index contributed by atoms with van der Waals surface area (Å²) in [5.41, 5.74) is 3.52. The first-order chi connectivity index (χ1) is 9.13. The van der Waals surface area contributed by atoms with Gasteiger partial charge in [0.1, 0.15) is 5.82 Å². The first kappa shape index (κ1) is 14.0. The van der Waals surface area contributed by atoms with E-state index in [4.69, 9.17) is 0 Å². The third-order valence-corrected chi connectivity index (χ3v) is 3.57. The number of aromatic nitrogens is 2. The fourth-order valence-corrected chi connectivity index (χ4v) is 2.35. The lowest BCUT2D eigenvalue weighted by molar-refractivity contribution is 0.963.